The lowest BCUT2D eigenvalue weighted by atomic mass is 10.0. The first-order chi connectivity index (χ1) is 4.83. The van der Waals surface area contributed by atoms with Crippen molar-refractivity contribution in [3.05, 3.63) is 0 Å². The van der Waals surface area contributed by atoms with Gasteiger partial charge in [-0.3, -0.25) is 0 Å². The van der Waals surface area contributed by atoms with E-state index in [1.807, 2.05) is 0 Å². The molecule has 1 fully saturated rings. The van der Waals surface area contributed by atoms with Gasteiger partial charge in [-0.15, -0.1) is 0 Å². The molecule has 1 N–H and O–H groups in total. The molecule has 2 heteroatoms. The minimum atomic E-state index is 0.442. The van der Waals surface area contributed by atoms with Crippen LogP contribution in [0.1, 0.15) is 19.8 Å². The van der Waals surface area contributed by atoms with Gasteiger partial charge in [0, 0.05) is 13.7 Å². The zero-order chi connectivity index (χ0) is 7.40. The van der Waals surface area contributed by atoms with Gasteiger partial charge in [0.15, 0.2) is 0 Å². The third-order valence-corrected chi connectivity index (χ3v) is 2.18. The van der Waals surface area contributed by atoms with Crippen LogP contribution in [0.15, 0.2) is 0 Å². The molecule has 0 radical (unpaired) electrons. The zero-order valence-electron chi connectivity index (χ0n) is 6.89. The number of methoxy groups -OCH3 is 1. The van der Waals surface area contributed by atoms with E-state index < -0.39 is 0 Å². The van der Waals surface area contributed by atoms with Gasteiger partial charge in [0.05, 0.1) is 6.10 Å². The minimum Gasteiger partial charge on any atom is -0.380 e. The maximum Gasteiger partial charge on any atom is 0.0698 e. The highest BCUT2D eigenvalue weighted by Crippen LogP contribution is 2.13. The average molecular weight is 143 g/mol. The summed E-state index contributed by atoms with van der Waals surface area (Å²) in [6, 6.07) is 0. The highest BCUT2D eigenvalue weighted by atomic mass is 16.5. The monoisotopic (exact) mass is 143 g/mol. The van der Waals surface area contributed by atoms with Gasteiger partial charge in [0.1, 0.15) is 0 Å². The Morgan fingerprint density at radius 3 is 3.00 bits per heavy atom. The van der Waals surface area contributed by atoms with Gasteiger partial charge in [-0.05, 0) is 25.3 Å². The molecule has 1 aliphatic heterocycles. The summed E-state index contributed by atoms with van der Waals surface area (Å²) in [6.45, 7) is 4.47. The highest BCUT2D eigenvalue weighted by Gasteiger charge is 2.15. The molecule has 0 aromatic heterocycles. The molecule has 0 amide bonds. The van der Waals surface area contributed by atoms with Gasteiger partial charge >= 0.3 is 0 Å². The number of ether oxygens (including phenoxy) is 1. The first-order valence-corrected chi connectivity index (χ1v) is 4.06. The average Bonchev–Trinajstić information content (AvgIpc) is 2.13. The summed E-state index contributed by atoms with van der Waals surface area (Å²) >= 11 is 0. The second-order valence-corrected chi connectivity index (χ2v) is 3.19. The van der Waals surface area contributed by atoms with E-state index >= 15 is 0 Å². The Morgan fingerprint density at radius 1 is 1.50 bits per heavy atom. The second-order valence-electron chi connectivity index (χ2n) is 3.19. The van der Waals surface area contributed by atoms with Gasteiger partial charge in [0.25, 0.3) is 0 Å². The first-order valence-electron chi connectivity index (χ1n) is 4.06. The lowest BCUT2D eigenvalue weighted by Crippen LogP contribution is -2.25. The van der Waals surface area contributed by atoms with Crippen LogP contribution in [0.5, 0.6) is 0 Å². The van der Waals surface area contributed by atoms with Crippen LogP contribution >= 0.6 is 0 Å². The summed E-state index contributed by atoms with van der Waals surface area (Å²) in [5, 5.41) is 3.35. The number of rotatable bonds is 1. The van der Waals surface area contributed by atoms with E-state index in [0.717, 1.165) is 19.0 Å². The summed E-state index contributed by atoms with van der Waals surface area (Å²) in [6.07, 6.45) is 2.95. The molecular weight excluding hydrogens is 126 g/mol. The maximum atomic E-state index is 5.28. The van der Waals surface area contributed by atoms with Gasteiger partial charge in [-0.25, -0.2) is 0 Å². The lowest BCUT2D eigenvalue weighted by Gasteiger charge is -2.13. The molecule has 1 rings (SSSR count). The number of hydrogen-bond donors (Lipinski definition) is 1. The fourth-order valence-electron chi connectivity index (χ4n) is 1.44. The second kappa shape index (κ2) is 3.94. The van der Waals surface area contributed by atoms with E-state index in [9.17, 15) is 0 Å². The predicted molar refractivity (Wildman–Crippen MR) is 42.1 cm³/mol. The van der Waals surface area contributed by atoms with E-state index in [-0.39, 0.29) is 0 Å². The van der Waals surface area contributed by atoms with Crippen molar-refractivity contribution in [3.63, 3.8) is 0 Å². The van der Waals surface area contributed by atoms with Crippen molar-refractivity contribution in [1.29, 1.82) is 0 Å². The Hall–Kier alpha value is -0.0800. The molecule has 60 valence electrons. The van der Waals surface area contributed by atoms with Crippen LogP contribution in [0.4, 0.5) is 0 Å². The van der Waals surface area contributed by atoms with E-state index in [0.29, 0.717) is 6.10 Å². The summed E-state index contributed by atoms with van der Waals surface area (Å²) in [4.78, 5) is 0. The lowest BCUT2D eigenvalue weighted by molar-refractivity contribution is 0.0898. The standard InChI is InChI=1S/C8H17NO/c1-7-3-4-9-6-8(5-7)10-2/h7-9H,3-6H2,1-2H3. The highest BCUT2D eigenvalue weighted by molar-refractivity contribution is 4.70. The Balaban J connectivity index is 2.30. The summed E-state index contributed by atoms with van der Waals surface area (Å²) in [5.74, 6) is 0.819. The number of hydrogen-bond acceptors (Lipinski definition) is 2. The summed E-state index contributed by atoms with van der Waals surface area (Å²) in [7, 11) is 1.80. The Morgan fingerprint density at radius 2 is 2.30 bits per heavy atom. The molecule has 1 aliphatic rings. The molecule has 2 nitrogen and oxygen atoms in total. The fourth-order valence-corrected chi connectivity index (χ4v) is 1.44. The smallest absolute Gasteiger partial charge is 0.0698 e. The quantitative estimate of drug-likeness (QED) is 0.591. The van der Waals surface area contributed by atoms with E-state index in [2.05, 4.69) is 12.2 Å². The molecule has 0 spiro atoms. The van der Waals surface area contributed by atoms with Crippen molar-refractivity contribution in [1.82, 2.24) is 5.32 Å². The minimum absolute atomic E-state index is 0.442. The first kappa shape index (κ1) is 8.02. The van der Waals surface area contributed by atoms with Crippen LogP contribution in [0, 0.1) is 5.92 Å². The Kier molecular flexibility index (Phi) is 3.16. The topological polar surface area (TPSA) is 21.3 Å². The van der Waals surface area contributed by atoms with E-state index in [4.69, 9.17) is 4.74 Å². The van der Waals surface area contributed by atoms with Crippen molar-refractivity contribution >= 4 is 0 Å². The van der Waals surface area contributed by atoms with Crippen LogP contribution in [-0.2, 0) is 4.74 Å². The number of nitrogens with one attached hydrogen (secondary N) is 1. The molecule has 0 saturated carbocycles. The van der Waals surface area contributed by atoms with Crippen molar-refractivity contribution in [2.75, 3.05) is 20.2 Å². The molecular formula is C8H17NO. The van der Waals surface area contributed by atoms with Crippen molar-refractivity contribution in [3.8, 4) is 0 Å². The maximum absolute atomic E-state index is 5.28. The normalized spacial score (nSPS) is 35.4. The van der Waals surface area contributed by atoms with E-state index in [1.165, 1.54) is 12.8 Å². The molecule has 0 aromatic carbocycles. The van der Waals surface area contributed by atoms with Gasteiger partial charge < -0.3 is 10.1 Å². The van der Waals surface area contributed by atoms with Gasteiger partial charge in [-0.2, -0.15) is 0 Å². The fraction of sp³-hybridized carbons (Fsp3) is 1.00. The van der Waals surface area contributed by atoms with Crippen LogP contribution in [0.3, 0.4) is 0 Å². The molecule has 0 aromatic rings. The molecule has 1 heterocycles. The summed E-state index contributed by atoms with van der Waals surface area (Å²) in [5.41, 5.74) is 0. The van der Waals surface area contributed by atoms with Crippen LogP contribution < -0.4 is 5.32 Å². The third kappa shape index (κ3) is 2.27. The van der Waals surface area contributed by atoms with Gasteiger partial charge in [0.2, 0.25) is 0 Å². The zero-order valence-corrected chi connectivity index (χ0v) is 6.89. The predicted octanol–water partition coefficient (Wildman–Crippen LogP) is 1.02. The SMILES string of the molecule is COC1CNCCC(C)C1. The molecule has 0 aliphatic carbocycles. The Labute approximate surface area is 63.0 Å². The molecule has 1 saturated heterocycles. The largest absolute Gasteiger partial charge is 0.380 e. The van der Waals surface area contributed by atoms with Crippen molar-refractivity contribution in [2.45, 2.75) is 25.9 Å². The molecule has 2 unspecified atom stereocenters. The Bertz CT molecular complexity index is 95.3. The van der Waals surface area contributed by atoms with E-state index in [1.54, 1.807) is 7.11 Å². The van der Waals surface area contributed by atoms with Gasteiger partial charge in [-0.1, -0.05) is 6.92 Å². The third-order valence-electron chi connectivity index (χ3n) is 2.18. The van der Waals surface area contributed by atoms with Crippen LogP contribution in [0.25, 0.3) is 0 Å². The molecule has 0 bridgehead atoms. The summed E-state index contributed by atoms with van der Waals surface area (Å²) < 4.78 is 5.28. The van der Waals surface area contributed by atoms with Crippen molar-refractivity contribution < 1.29 is 4.74 Å². The molecule has 10 heavy (non-hydrogen) atoms. The molecule has 2 atom stereocenters. The van der Waals surface area contributed by atoms with Crippen LogP contribution in [-0.4, -0.2) is 26.3 Å². The van der Waals surface area contributed by atoms with Crippen LogP contribution in [0.2, 0.25) is 0 Å². The van der Waals surface area contributed by atoms with Crippen molar-refractivity contribution in [2.24, 2.45) is 5.92 Å².